The van der Waals surface area contributed by atoms with Gasteiger partial charge in [0.25, 0.3) is 0 Å². The third kappa shape index (κ3) is 6.61. The van der Waals surface area contributed by atoms with Crippen LogP contribution in [-0.2, 0) is 13.0 Å². The third-order valence-corrected chi connectivity index (χ3v) is 6.83. The minimum atomic E-state index is 0.638. The molecule has 3 rings (SSSR count). The molecule has 32 heavy (non-hydrogen) atoms. The van der Waals surface area contributed by atoms with Crippen molar-refractivity contribution in [2.75, 3.05) is 31.5 Å². The summed E-state index contributed by atoms with van der Waals surface area (Å²) in [6, 6.07) is 8.42. The summed E-state index contributed by atoms with van der Waals surface area (Å²) in [4.78, 5) is 13.0. The molecule has 6 heteroatoms. The Morgan fingerprint density at radius 2 is 1.78 bits per heavy atom. The van der Waals surface area contributed by atoms with Crippen LogP contribution in [0.15, 0.2) is 35.8 Å². The van der Waals surface area contributed by atoms with Crippen LogP contribution in [-0.4, -0.2) is 41.0 Å². The monoisotopic (exact) mass is 451 g/mol. The maximum atomic E-state index is 4.83. The summed E-state index contributed by atoms with van der Waals surface area (Å²) >= 11 is 1.78. The van der Waals surface area contributed by atoms with Crippen LogP contribution in [0.25, 0.3) is 10.6 Å². The molecule has 0 spiro atoms. The van der Waals surface area contributed by atoms with Gasteiger partial charge in [0.05, 0.1) is 10.6 Å². The molecule has 0 bridgehead atoms. The molecular formula is C26H37N5S. The number of nitrogens with one attached hydrogen (secondary N) is 2. The number of hydrogen-bond acceptors (Lipinski definition) is 6. The zero-order valence-corrected chi connectivity index (χ0v) is 21.0. The first kappa shape index (κ1) is 24.4. The smallest absolute Gasteiger partial charge is 0.227 e. The predicted molar refractivity (Wildman–Crippen MR) is 138 cm³/mol. The fraction of sp³-hybridized carbons (Fsp3) is 0.462. The second kappa shape index (κ2) is 12.1. The minimum Gasteiger partial charge on any atom is -0.324 e. The van der Waals surface area contributed by atoms with Gasteiger partial charge in [0.1, 0.15) is 0 Å². The van der Waals surface area contributed by atoms with Gasteiger partial charge >= 0.3 is 0 Å². The lowest BCUT2D eigenvalue weighted by Crippen LogP contribution is -2.27. The van der Waals surface area contributed by atoms with Gasteiger partial charge in [0.2, 0.25) is 5.95 Å². The first-order chi connectivity index (χ1) is 15.5. The van der Waals surface area contributed by atoms with Gasteiger partial charge in [-0.25, -0.2) is 9.97 Å². The molecule has 1 aromatic carbocycles. The van der Waals surface area contributed by atoms with Crippen LogP contribution in [0, 0.1) is 13.8 Å². The Kier molecular flexibility index (Phi) is 9.21. The van der Waals surface area contributed by atoms with E-state index < -0.39 is 0 Å². The molecule has 2 aromatic heterocycles. The molecule has 0 radical (unpaired) electrons. The largest absolute Gasteiger partial charge is 0.324 e. The average Bonchev–Trinajstić information content (AvgIpc) is 3.18. The number of thiophene rings is 1. The van der Waals surface area contributed by atoms with E-state index in [1.807, 2.05) is 12.3 Å². The maximum Gasteiger partial charge on any atom is 0.227 e. The van der Waals surface area contributed by atoms with Crippen molar-refractivity contribution in [2.24, 2.45) is 0 Å². The maximum absolute atomic E-state index is 4.83. The normalized spacial score (nSPS) is 11.3. The Morgan fingerprint density at radius 1 is 1.03 bits per heavy atom. The Bertz CT molecular complexity index is 973. The molecule has 0 saturated carbocycles. The lowest BCUT2D eigenvalue weighted by Gasteiger charge is -2.17. The van der Waals surface area contributed by atoms with E-state index in [0.717, 1.165) is 50.5 Å². The number of nitrogens with zero attached hydrogens (tertiary/aromatic N) is 3. The van der Waals surface area contributed by atoms with Crippen molar-refractivity contribution in [1.82, 2.24) is 20.2 Å². The van der Waals surface area contributed by atoms with Crippen molar-refractivity contribution >= 4 is 23.0 Å². The van der Waals surface area contributed by atoms with E-state index >= 15 is 0 Å². The zero-order valence-electron chi connectivity index (χ0n) is 20.2. The second-order valence-electron chi connectivity index (χ2n) is 8.25. The van der Waals surface area contributed by atoms with Crippen LogP contribution >= 0.6 is 11.3 Å². The fourth-order valence-corrected chi connectivity index (χ4v) is 5.22. The highest BCUT2D eigenvalue weighted by Gasteiger charge is 2.14. The van der Waals surface area contributed by atoms with Crippen LogP contribution in [0.1, 0.15) is 49.4 Å². The molecule has 0 unspecified atom stereocenters. The van der Waals surface area contributed by atoms with Crippen molar-refractivity contribution in [3.63, 3.8) is 0 Å². The summed E-state index contributed by atoms with van der Waals surface area (Å²) in [6.45, 7) is 16.3. The molecule has 0 aliphatic rings. The predicted octanol–water partition coefficient (Wildman–Crippen LogP) is 5.95. The molecule has 0 aliphatic heterocycles. The Labute approximate surface area is 197 Å². The molecular weight excluding hydrogens is 414 g/mol. The average molecular weight is 452 g/mol. The molecule has 2 heterocycles. The SMILES string of the molecule is CCc1c(CNCCCN(CC)CC)csc1-c1ccnc(Nc2cc(C)cc(C)c2)n1. The van der Waals surface area contributed by atoms with Gasteiger partial charge in [-0.3, -0.25) is 0 Å². The standard InChI is InChI=1S/C26H37N5S/c1-6-23-21(17-27-11-9-13-31(7-2)8-3)18-32-25(23)24-10-12-28-26(30-24)29-22-15-19(4)14-20(5)16-22/h10,12,14-16,18,27H,6-9,11,13,17H2,1-5H3,(H,28,29,30). The van der Waals surface area contributed by atoms with Crippen LogP contribution in [0.2, 0.25) is 0 Å². The molecule has 0 fully saturated rings. The van der Waals surface area contributed by atoms with E-state index in [4.69, 9.17) is 4.98 Å². The highest BCUT2D eigenvalue weighted by molar-refractivity contribution is 7.13. The number of aryl methyl sites for hydroxylation is 2. The van der Waals surface area contributed by atoms with Crippen molar-refractivity contribution in [1.29, 1.82) is 0 Å². The quantitative estimate of drug-likeness (QED) is 0.333. The van der Waals surface area contributed by atoms with Gasteiger partial charge in [-0.2, -0.15) is 0 Å². The zero-order chi connectivity index (χ0) is 22.9. The lowest BCUT2D eigenvalue weighted by atomic mass is 10.1. The van der Waals surface area contributed by atoms with Crippen LogP contribution in [0.4, 0.5) is 11.6 Å². The van der Waals surface area contributed by atoms with E-state index in [0.29, 0.717) is 5.95 Å². The number of benzene rings is 1. The first-order valence-electron chi connectivity index (χ1n) is 11.7. The summed E-state index contributed by atoms with van der Waals surface area (Å²) in [5.41, 5.74) is 7.24. The molecule has 0 amide bonds. The Morgan fingerprint density at radius 3 is 2.47 bits per heavy atom. The molecule has 0 aliphatic carbocycles. The van der Waals surface area contributed by atoms with E-state index in [1.54, 1.807) is 11.3 Å². The van der Waals surface area contributed by atoms with Crippen molar-refractivity contribution in [3.05, 3.63) is 58.1 Å². The van der Waals surface area contributed by atoms with Crippen LogP contribution in [0.5, 0.6) is 0 Å². The number of anilines is 2. The van der Waals surface area contributed by atoms with E-state index in [2.05, 4.69) is 78.7 Å². The highest BCUT2D eigenvalue weighted by Crippen LogP contribution is 2.33. The summed E-state index contributed by atoms with van der Waals surface area (Å²) in [6.07, 6.45) is 4.02. The first-order valence-corrected chi connectivity index (χ1v) is 12.6. The summed E-state index contributed by atoms with van der Waals surface area (Å²) < 4.78 is 0. The van der Waals surface area contributed by atoms with Gasteiger partial charge in [-0.15, -0.1) is 11.3 Å². The van der Waals surface area contributed by atoms with Crippen molar-refractivity contribution in [3.8, 4) is 10.6 Å². The van der Waals surface area contributed by atoms with Gasteiger partial charge in [-0.05, 0) is 98.7 Å². The molecule has 0 atom stereocenters. The number of hydrogen-bond donors (Lipinski definition) is 2. The van der Waals surface area contributed by atoms with Gasteiger partial charge in [-0.1, -0.05) is 26.8 Å². The van der Waals surface area contributed by atoms with Crippen molar-refractivity contribution < 1.29 is 0 Å². The molecule has 2 N–H and O–H groups in total. The Balaban J connectivity index is 1.66. The summed E-state index contributed by atoms with van der Waals surface area (Å²) in [5.74, 6) is 0.638. The van der Waals surface area contributed by atoms with Crippen molar-refractivity contribution in [2.45, 2.75) is 54.0 Å². The van der Waals surface area contributed by atoms with Gasteiger partial charge < -0.3 is 15.5 Å². The Hall–Kier alpha value is -2.28. The molecule has 3 aromatic rings. The molecule has 0 saturated heterocycles. The molecule has 172 valence electrons. The highest BCUT2D eigenvalue weighted by atomic mass is 32.1. The molecule has 5 nitrogen and oxygen atoms in total. The third-order valence-electron chi connectivity index (χ3n) is 5.74. The van der Waals surface area contributed by atoms with Gasteiger partial charge in [0, 0.05) is 18.4 Å². The minimum absolute atomic E-state index is 0.638. The number of rotatable bonds is 12. The van der Waals surface area contributed by atoms with Crippen LogP contribution < -0.4 is 10.6 Å². The van der Waals surface area contributed by atoms with Gasteiger partial charge in [0.15, 0.2) is 0 Å². The fourth-order valence-electron chi connectivity index (χ4n) is 4.08. The van der Waals surface area contributed by atoms with E-state index in [9.17, 15) is 0 Å². The van der Waals surface area contributed by atoms with Crippen LogP contribution in [0.3, 0.4) is 0 Å². The lowest BCUT2D eigenvalue weighted by molar-refractivity contribution is 0.298. The second-order valence-corrected chi connectivity index (χ2v) is 9.13. The number of aromatic nitrogens is 2. The topological polar surface area (TPSA) is 53.1 Å². The summed E-state index contributed by atoms with van der Waals surface area (Å²) in [5, 5.41) is 9.29. The summed E-state index contributed by atoms with van der Waals surface area (Å²) in [7, 11) is 0. The van der Waals surface area contributed by atoms with E-state index in [-0.39, 0.29) is 0 Å². The van der Waals surface area contributed by atoms with E-state index in [1.165, 1.54) is 33.6 Å².